The van der Waals surface area contributed by atoms with Gasteiger partial charge in [0.1, 0.15) is 11.4 Å². The van der Waals surface area contributed by atoms with Gasteiger partial charge in [-0.2, -0.15) is 0 Å². The highest BCUT2D eigenvalue weighted by atomic mass is 19.1. The zero-order chi connectivity index (χ0) is 16.2. The Labute approximate surface area is 131 Å². The Bertz CT molecular complexity index is 520. The largest absolute Gasteiger partial charge is 0.444 e. The molecule has 22 heavy (non-hydrogen) atoms. The van der Waals surface area contributed by atoms with E-state index in [2.05, 4.69) is 10.6 Å². The van der Waals surface area contributed by atoms with E-state index in [0.717, 1.165) is 25.9 Å². The molecule has 2 rings (SSSR count). The minimum absolute atomic E-state index is 0.230. The van der Waals surface area contributed by atoms with Gasteiger partial charge in [0, 0.05) is 5.54 Å². The molecular formula is C17H25FN2O2. The highest BCUT2D eigenvalue weighted by Gasteiger charge is 2.35. The third-order valence-electron chi connectivity index (χ3n) is 3.81. The third-order valence-corrected chi connectivity index (χ3v) is 3.81. The third kappa shape index (κ3) is 4.70. The first kappa shape index (κ1) is 16.7. The molecule has 122 valence electrons. The molecule has 1 aromatic carbocycles. The van der Waals surface area contributed by atoms with Crippen LogP contribution in [0.2, 0.25) is 0 Å². The number of hydrogen-bond acceptors (Lipinski definition) is 3. The second kappa shape index (κ2) is 6.65. The summed E-state index contributed by atoms with van der Waals surface area (Å²) in [6, 6.07) is 6.73. The van der Waals surface area contributed by atoms with E-state index in [0.29, 0.717) is 12.0 Å². The summed E-state index contributed by atoms with van der Waals surface area (Å²) in [6.45, 7) is 7.09. The van der Waals surface area contributed by atoms with Crippen molar-refractivity contribution >= 4 is 6.09 Å². The molecule has 1 saturated heterocycles. The smallest absolute Gasteiger partial charge is 0.408 e. The summed E-state index contributed by atoms with van der Waals surface area (Å²) in [4.78, 5) is 12.2. The number of piperidine rings is 1. The fourth-order valence-corrected chi connectivity index (χ4v) is 2.78. The molecule has 1 aliphatic heterocycles. The van der Waals surface area contributed by atoms with Crippen molar-refractivity contribution in [3.8, 4) is 0 Å². The van der Waals surface area contributed by atoms with Crippen LogP contribution >= 0.6 is 0 Å². The van der Waals surface area contributed by atoms with Crippen molar-refractivity contribution in [1.29, 1.82) is 0 Å². The van der Waals surface area contributed by atoms with Gasteiger partial charge in [-0.1, -0.05) is 18.2 Å². The molecule has 0 unspecified atom stereocenters. The van der Waals surface area contributed by atoms with Gasteiger partial charge in [0.15, 0.2) is 0 Å². The normalized spacial score (nSPS) is 17.8. The number of ether oxygens (including phenoxy) is 1. The number of halogens is 1. The Kier molecular flexibility index (Phi) is 5.06. The van der Waals surface area contributed by atoms with E-state index in [9.17, 15) is 9.18 Å². The minimum Gasteiger partial charge on any atom is -0.444 e. The van der Waals surface area contributed by atoms with Crippen molar-refractivity contribution in [2.75, 3.05) is 13.1 Å². The maximum atomic E-state index is 14.0. The fraction of sp³-hybridized carbons (Fsp3) is 0.588. The summed E-state index contributed by atoms with van der Waals surface area (Å²) in [5.74, 6) is -0.230. The maximum Gasteiger partial charge on any atom is 0.408 e. The summed E-state index contributed by atoms with van der Waals surface area (Å²) in [5, 5.41) is 6.27. The molecule has 1 fully saturated rings. The van der Waals surface area contributed by atoms with E-state index >= 15 is 0 Å². The number of nitrogens with one attached hydrogen (secondary N) is 2. The van der Waals surface area contributed by atoms with Gasteiger partial charge >= 0.3 is 6.09 Å². The summed E-state index contributed by atoms with van der Waals surface area (Å²) in [7, 11) is 0. The Morgan fingerprint density at radius 3 is 2.55 bits per heavy atom. The van der Waals surface area contributed by atoms with Crippen LogP contribution in [0.5, 0.6) is 0 Å². The number of carbonyl (C=O) groups is 1. The van der Waals surface area contributed by atoms with E-state index in [1.54, 1.807) is 12.1 Å². The molecule has 2 N–H and O–H groups in total. The SMILES string of the molecule is CC(C)(C)OC(=O)NC1(Cc2ccccc2F)CCNCC1. The monoisotopic (exact) mass is 308 g/mol. The molecular weight excluding hydrogens is 283 g/mol. The van der Waals surface area contributed by atoms with Gasteiger partial charge in [0.05, 0.1) is 0 Å². The van der Waals surface area contributed by atoms with Gasteiger partial charge in [-0.15, -0.1) is 0 Å². The van der Waals surface area contributed by atoms with Crippen LogP contribution < -0.4 is 10.6 Å². The molecule has 0 saturated carbocycles. The standard InChI is InChI=1S/C17H25FN2O2/c1-16(2,3)22-15(21)20-17(8-10-19-11-9-17)12-13-6-4-5-7-14(13)18/h4-7,19H,8-12H2,1-3H3,(H,20,21). The second-order valence-corrected chi connectivity index (χ2v) is 6.93. The number of amides is 1. The van der Waals surface area contributed by atoms with Crippen molar-refractivity contribution in [2.24, 2.45) is 0 Å². The van der Waals surface area contributed by atoms with Gasteiger partial charge in [-0.25, -0.2) is 9.18 Å². The van der Waals surface area contributed by atoms with Gasteiger partial charge in [-0.05, 0) is 64.8 Å². The van der Waals surface area contributed by atoms with Crippen molar-refractivity contribution in [1.82, 2.24) is 10.6 Å². The van der Waals surface area contributed by atoms with Crippen LogP contribution in [0.15, 0.2) is 24.3 Å². The topological polar surface area (TPSA) is 50.4 Å². The molecule has 4 nitrogen and oxygen atoms in total. The lowest BCUT2D eigenvalue weighted by Crippen LogP contribution is -2.56. The van der Waals surface area contributed by atoms with Gasteiger partial charge in [-0.3, -0.25) is 0 Å². The van der Waals surface area contributed by atoms with Crippen molar-refractivity contribution in [3.63, 3.8) is 0 Å². The molecule has 1 amide bonds. The number of alkyl carbamates (subject to hydrolysis) is 1. The lowest BCUT2D eigenvalue weighted by molar-refractivity contribution is 0.0429. The first-order valence-electron chi connectivity index (χ1n) is 7.75. The molecule has 1 heterocycles. The zero-order valence-electron chi connectivity index (χ0n) is 13.5. The molecule has 0 atom stereocenters. The molecule has 0 bridgehead atoms. The molecule has 1 aromatic rings. The quantitative estimate of drug-likeness (QED) is 0.902. The molecule has 1 aliphatic rings. The fourth-order valence-electron chi connectivity index (χ4n) is 2.78. The average molecular weight is 308 g/mol. The van der Waals surface area contributed by atoms with E-state index < -0.39 is 17.2 Å². The molecule has 0 aliphatic carbocycles. The van der Waals surface area contributed by atoms with E-state index in [-0.39, 0.29) is 5.82 Å². The first-order chi connectivity index (χ1) is 10.3. The number of carbonyl (C=O) groups excluding carboxylic acids is 1. The summed E-state index contributed by atoms with van der Waals surface area (Å²) < 4.78 is 19.3. The predicted molar refractivity (Wildman–Crippen MR) is 84.3 cm³/mol. The first-order valence-corrected chi connectivity index (χ1v) is 7.75. The van der Waals surface area contributed by atoms with Gasteiger partial charge in [0.25, 0.3) is 0 Å². The van der Waals surface area contributed by atoms with Crippen LogP contribution in [0, 0.1) is 5.82 Å². The van der Waals surface area contributed by atoms with E-state index in [4.69, 9.17) is 4.74 Å². The van der Waals surface area contributed by atoms with Crippen LogP contribution in [0.1, 0.15) is 39.2 Å². The summed E-state index contributed by atoms with van der Waals surface area (Å²) >= 11 is 0. The average Bonchev–Trinajstić information content (AvgIpc) is 2.40. The van der Waals surface area contributed by atoms with Crippen LogP contribution in [-0.2, 0) is 11.2 Å². The minimum atomic E-state index is -0.545. The van der Waals surface area contributed by atoms with Crippen molar-refractivity contribution in [2.45, 2.75) is 51.2 Å². The predicted octanol–water partition coefficient (Wildman–Crippen LogP) is 3.02. The molecule has 5 heteroatoms. The lowest BCUT2D eigenvalue weighted by atomic mass is 9.82. The van der Waals surface area contributed by atoms with Crippen molar-refractivity contribution < 1.29 is 13.9 Å². The van der Waals surface area contributed by atoms with Crippen LogP contribution in [-0.4, -0.2) is 30.3 Å². The van der Waals surface area contributed by atoms with Gasteiger partial charge < -0.3 is 15.4 Å². The maximum absolute atomic E-state index is 14.0. The highest BCUT2D eigenvalue weighted by molar-refractivity contribution is 5.69. The van der Waals surface area contributed by atoms with E-state index in [1.165, 1.54) is 6.07 Å². The Morgan fingerprint density at radius 1 is 1.32 bits per heavy atom. The van der Waals surface area contributed by atoms with Crippen LogP contribution in [0.25, 0.3) is 0 Å². The number of benzene rings is 1. The Balaban J connectivity index is 2.14. The highest BCUT2D eigenvalue weighted by Crippen LogP contribution is 2.25. The number of hydrogen-bond donors (Lipinski definition) is 2. The summed E-state index contributed by atoms with van der Waals surface area (Å²) in [5.41, 5.74) is -0.383. The lowest BCUT2D eigenvalue weighted by Gasteiger charge is -2.39. The molecule has 0 radical (unpaired) electrons. The molecule has 0 aromatic heterocycles. The van der Waals surface area contributed by atoms with Gasteiger partial charge in [0.2, 0.25) is 0 Å². The summed E-state index contributed by atoms with van der Waals surface area (Å²) in [6.07, 6.45) is 1.53. The van der Waals surface area contributed by atoms with E-state index in [1.807, 2.05) is 26.8 Å². The Morgan fingerprint density at radius 2 is 1.95 bits per heavy atom. The Hall–Kier alpha value is -1.62. The number of rotatable bonds is 3. The molecule has 0 spiro atoms. The van der Waals surface area contributed by atoms with Crippen LogP contribution in [0.3, 0.4) is 0 Å². The second-order valence-electron chi connectivity index (χ2n) is 6.93. The zero-order valence-corrected chi connectivity index (χ0v) is 13.5. The van der Waals surface area contributed by atoms with Crippen LogP contribution in [0.4, 0.5) is 9.18 Å². The van der Waals surface area contributed by atoms with Crippen molar-refractivity contribution in [3.05, 3.63) is 35.6 Å².